The molecule has 2 heterocycles. The Morgan fingerprint density at radius 3 is 2.74 bits per heavy atom. The molecule has 0 aliphatic carbocycles. The molecule has 2 atom stereocenters. The number of aliphatic imine (C=N–C) groups is 1. The fourth-order valence-electron chi connectivity index (χ4n) is 3.11. The van der Waals surface area contributed by atoms with Crippen molar-refractivity contribution in [3.63, 3.8) is 0 Å². The predicted octanol–water partition coefficient (Wildman–Crippen LogP) is 2.95. The van der Waals surface area contributed by atoms with Crippen LogP contribution in [0.5, 0.6) is 5.75 Å². The fraction of sp³-hybridized carbons (Fsp3) is 0.533. The maximum Gasteiger partial charge on any atom is 0.147 e. The van der Waals surface area contributed by atoms with E-state index in [1.165, 1.54) is 19.3 Å². The fourth-order valence-corrected chi connectivity index (χ4v) is 3.11. The van der Waals surface area contributed by atoms with Crippen LogP contribution in [0.2, 0.25) is 0 Å². The minimum atomic E-state index is 0.543. The average molecular weight is 259 g/mol. The maximum atomic E-state index is 5.81. The Balaban J connectivity index is 1.92. The zero-order chi connectivity index (χ0) is 13.4. The van der Waals surface area contributed by atoms with E-state index in [9.17, 15) is 0 Å². The van der Waals surface area contributed by atoms with E-state index in [0.717, 1.165) is 23.0 Å². The minimum absolute atomic E-state index is 0.543. The van der Waals surface area contributed by atoms with Gasteiger partial charge in [-0.2, -0.15) is 0 Å². The van der Waals surface area contributed by atoms with Crippen molar-refractivity contribution in [2.45, 2.75) is 45.2 Å². The van der Waals surface area contributed by atoms with Crippen LogP contribution in [0, 0.1) is 0 Å². The molecule has 2 aliphatic heterocycles. The van der Waals surface area contributed by atoms with E-state index in [2.05, 4.69) is 18.7 Å². The molecule has 2 unspecified atom stereocenters. The summed E-state index contributed by atoms with van der Waals surface area (Å²) in [7, 11) is 0. The van der Waals surface area contributed by atoms with Crippen LogP contribution in [-0.2, 0) is 0 Å². The lowest BCUT2D eigenvalue weighted by Gasteiger charge is -2.42. The number of rotatable bonds is 0. The molecular weight excluding hydrogens is 238 g/mol. The number of amidine groups is 1. The van der Waals surface area contributed by atoms with Crippen molar-refractivity contribution in [1.29, 1.82) is 0 Å². The van der Waals surface area contributed by atoms with Crippen LogP contribution in [0.15, 0.2) is 23.2 Å². The maximum absolute atomic E-state index is 5.81. The molecule has 102 valence electrons. The number of ether oxygens (including phenoxy) is 1. The van der Waals surface area contributed by atoms with E-state index in [1.54, 1.807) is 0 Å². The highest BCUT2D eigenvalue weighted by Gasteiger charge is 2.29. The van der Waals surface area contributed by atoms with Crippen LogP contribution in [0.4, 0.5) is 11.4 Å². The smallest absolute Gasteiger partial charge is 0.147 e. The zero-order valence-corrected chi connectivity index (χ0v) is 11.6. The van der Waals surface area contributed by atoms with Crippen molar-refractivity contribution in [3.05, 3.63) is 18.2 Å². The molecule has 0 spiro atoms. The zero-order valence-electron chi connectivity index (χ0n) is 11.6. The summed E-state index contributed by atoms with van der Waals surface area (Å²) < 4.78 is 5.81. The number of piperidine rings is 1. The first-order chi connectivity index (χ1) is 9.15. The van der Waals surface area contributed by atoms with Crippen LogP contribution < -0.4 is 10.5 Å². The lowest BCUT2D eigenvalue weighted by atomic mass is 9.97. The van der Waals surface area contributed by atoms with Crippen molar-refractivity contribution < 1.29 is 4.74 Å². The topological polar surface area (TPSA) is 50.8 Å². The lowest BCUT2D eigenvalue weighted by Crippen LogP contribution is -2.49. The molecule has 4 heteroatoms. The third-order valence-corrected chi connectivity index (χ3v) is 4.08. The summed E-state index contributed by atoms with van der Waals surface area (Å²) in [5, 5.41) is 0. The van der Waals surface area contributed by atoms with Gasteiger partial charge in [-0.3, -0.25) is 0 Å². The Morgan fingerprint density at radius 2 is 2.00 bits per heavy atom. The quantitative estimate of drug-likeness (QED) is 0.729. The molecule has 0 amide bonds. The summed E-state index contributed by atoms with van der Waals surface area (Å²) in [4.78, 5) is 7.19. The van der Waals surface area contributed by atoms with E-state index in [0.29, 0.717) is 18.7 Å². The van der Waals surface area contributed by atoms with Gasteiger partial charge in [0, 0.05) is 23.8 Å². The highest BCUT2D eigenvalue weighted by Crippen LogP contribution is 2.34. The van der Waals surface area contributed by atoms with Crippen LogP contribution in [0.3, 0.4) is 0 Å². The van der Waals surface area contributed by atoms with Gasteiger partial charge in [-0.1, -0.05) is 0 Å². The molecular formula is C15H21N3O. The molecule has 1 aromatic rings. The molecule has 2 aliphatic rings. The van der Waals surface area contributed by atoms with Gasteiger partial charge in [-0.15, -0.1) is 0 Å². The Morgan fingerprint density at radius 1 is 1.26 bits per heavy atom. The number of hydrogen-bond acceptors (Lipinski definition) is 4. The molecule has 1 aromatic carbocycles. The Labute approximate surface area is 114 Å². The second kappa shape index (κ2) is 4.76. The molecule has 3 rings (SSSR count). The second-order valence-corrected chi connectivity index (χ2v) is 5.58. The van der Waals surface area contributed by atoms with Gasteiger partial charge in [0.2, 0.25) is 0 Å². The van der Waals surface area contributed by atoms with Crippen molar-refractivity contribution in [2.75, 3.05) is 12.3 Å². The minimum Gasteiger partial charge on any atom is -0.483 e. The summed E-state index contributed by atoms with van der Waals surface area (Å²) in [5.74, 6) is 1.85. The van der Waals surface area contributed by atoms with Gasteiger partial charge in [-0.25, -0.2) is 4.99 Å². The Bertz CT molecular complexity index is 502. The van der Waals surface area contributed by atoms with Gasteiger partial charge in [-0.05, 0) is 45.2 Å². The second-order valence-electron chi connectivity index (χ2n) is 5.58. The van der Waals surface area contributed by atoms with Gasteiger partial charge in [0.05, 0.1) is 0 Å². The van der Waals surface area contributed by atoms with Crippen molar-refractivity contribution in [1.82, 2.24) is 4.90 Å². The number of nitrogens with two attached hydrogens (primary N) is 1. The first-order valence-electron chi connectivity index (χ1n) is 7.03. The third kappa shape index (κ3) is 2.27. The van der Waals surface area contributed by atoms with Gasteiger partial charge < -0.3 is 15.4 Å². The number of benzene rings is 1. The highest BCUT2D eigenvalue weighted by molar-refractivity contribution is 5.89. The first-order valence-corrected chi connectivity index (χ1v) is 7.03. The first kappa shape index (κ1) is 12.3. The number of nitrogens with zero attached hydrogens (tertiary/aromatic N) is 2. The van der Waals surface area contributed by atoms with E-state index in [-0.39, 0.29) is 0 Å². The molecule has 1 fully saturated rings. The van der Waals surface area contributed by atoms with Crippen LogP contribution >= 0.6 is 0 Å². The van der Waals surface area contributed by atoms with Gasteiger partial charge in [0.1, 0.15) is 23.9 Å². The molecule has 1 saturated heterocycles. The molecule has 4 nitrogen and oxygen atoms in total. The standard InChI is InChI=1S/C15H21N3O/c1-10-4-3-5-11(2)18(10)15-9-19-14-8-12(16)6-7-13(14)17-15/h6-8,10-11H,3-5,9,16H2,1-2H3. The molecule has 0 saturated carbocycles. The van der Waals surface area contributed by atoms with Crippen LogP contribution in [0.1, 0.15) is 33.1 Å². The van der Waals surface area contributed by atoms with E-state index >= 15 is 0 Å². The van der Waals surface area contributed by atoms with Crippen molar-refractivity contribution >= 4 is 17.2 Å². The van der Waals surface area contributed by atoms with E-state index < -0.39 is 0 Å². The number of likely N-dealkylation sites (tertiary alicyclic amines) is 1. The molecule has 2 N–H and O–H groups in total. The number of fused-ring (bicyclic) bond motifs is 1. The highest BCUT2D eigenvalue weighted by atomic mass is 16.5. The average Bonchev–Trinajstić information content (AvgIpc) is 2.38. The van der Waals surface area contributed by atoms with Crippen LogP contribution in [0.25, 0.3) is 0 Å². The lowest BCUT2D eigenvalue weighted by molar-refractivity contribution is 0.178. The summed E-state index contributed by atoms with van der Waals surface area (Å²) in [6.45, 7) is 5.10. The van der Waals surface area contributed by atoms with Crippen LogP contribution in [-0.4, -0.2) is 29.4 Å². The van der Waals surface area contributed by atoms with E-state index in [1.807, 2.05) is 18.2 Å². The number of nitrogen functional groups attached to an aromatic ring is 1. The normalized spacial score (nSPS) is 26.4. The predicted molar refractivity (Wildman–Crippen MR) is 78.1 cm³/mol. The molecule has 0 radical (unpaired) electrons. The summed E-state index contributed by atoms with van der Waals surface area (Å²) in [5.41, 5.74) is 7.37. The Hall–Kier alpha value is -1.71. The molecule has 0 aromatic heterocycles. The number of hydrogen-bond donors (Lipinski definition) is 1. The largest absolute Gasteiger partial charge is 0.483 e. The SMILES string of the molecule is CC1CCCC(C)N1C1=Nc2ccc(N)cc2OC1. The molecule has 0 bridgehead atoms. The van der Waals surface area contributed by atoms with Crippen molar-refractivity contribution in [2.24, 2.45) is 4.99 Å². The summed E-state index contributed by atoms with van der Waals surface area (Å²) in [6.07, 6.45) is 3.77. The van der Waals surface area contributed by atoms with Gasteiger partial charge in [0.15, 0.2) is 0 Å². The van der Waals surface area contributed by atoms with Crippen molar-refractivity contribution in [3.8, 4) is 5.75 Å². The van der Waals surface area contributed by atoms with Gasteiger partial charge >= 0.3 is 0 Å². The Kier molecular flexibility index (Phi) is 3.09. The van der Waals surface area contributed by atoms with E-state index in [4.69, 9.17) is 15.5 Å². The third-order valence-electron chi connectivity index (χ3n) is 4.08. The number of anilines is 1. The molecule has 19 heavy (non-hydrogen) atoms. The van der Waals surface area contributed by atoms with Gasteiger partial charge in [0.25, 0.3) is 0 Å². The summed E-state index contributed by atoms with van der Waals surface area (Å²) in [6, 6.07) is 6.74. The summed E-state index contributed by atoms with van der Waals surface area (Å²) >= 11 is 0. The monoisotopic (exact) mass is 259 g/mol.